The molecule has 22 heavy (non-hydrogen) atoms. The Hall–Kier alpha value is -2.89. The van der Waals surface area contributed by atoms with E-state index in [1.54, 1.807) is 47.1 Å². The van der Waals surface area contributed by atoms with E-state index in [-0.39, 0.29) is 12.4 Å². The first-order valence-electron chi connectivity index (χ1n) is 6.60. The highest BCUT2D eigenvalue weighted by Crippen LogP contribution is 2.17. The molecule has 0 amide bonds. The molecule has 0 bridgehead atoms. The zero-order valence-electron chi connectivity index (χ0n) is 11.8. The summed E-state index contributed by atoms with van der Waals surface area (Å²) in [7, 11) is 1.33. The maximum atomic E-state index is 13.5. The van der Waals surface area contributed by atoms with Crippen LogP contribution in [0.15, 0.2) is 48.8 Å². The van der Waals surface area contributed by atoms with Gasteiger partial charge in [-0.15, -0.1) is 0 Å². The lowest BCUT2D eigenvalue weighted by Crippen LogP contribution is -2.01. The monoisotopic (exact) mass is 300 g/mol. The number of halogens is 1. The first kappa shape index (κ1) is 14.1. The molecular weight excluding hydrogens is 287 g/mol. The standard InChI is InChI=1S/C16H13FN2O3/c1-21-16(20)11-6-7-19-9-12(18-15(19)8-11)10-22-14-5-3-2-4-13(14)17/h2-9H,10H2,1H3. The number of nitrogens with zero attached hydrogens (tertiary/aromatic N) is 2. The number of methoxy groups -OCH3 is 1. The maximum Gasteiger partial charge on any atom is 0.338 e. The largest absolute Gasteiger partial charge is 0.484 e. The third kappa shape index (κ3) is 2.76. The number of para-hydroxylation sites is 1. The third-order valence-electron chi connectivity index (χ3n) is 3.14. The van der Waals surface area contributed by atoms with Crippen molar-refractivity contribution < 1.29 is 18.7 Å². The summed E-state index contributed by atoms with van der Waals surface area (Å²) in [6, 6.07) is 9.45. The van der Waals surface area contributed by atoms with E-state index in [2.05, 4.69) is 9.72 Å². The van der Waals surface area contributed by atoms with Gasteiger partial charge in [-0.05, 0) is 24.3 Å². The van der Waals surface area contributed by atoms with Crippen LogP contribution in [0.2, 0.25) is 0 Å². The van der Waals surface area contributed by atoms with Crippen molar-refractivity contribution in [1.82, 2.24) is 9.38 Å². The number of rotatable bonds is 4. The minimum Gasteiger partial charge on any atom is -0.484 e. The molecule has 0 saturated heterocycles. The number of carbonyl (C=O) groups is 1. The van der Waals surface area contributed by atoms with E-state index in [1.807, 2.05) is 0 Å². The Labute approximate surface area is 125 Å². The molecule has 0 spiro atoms. The summed E-state index contributed by atoms with van der Waals surface area (Å²) >= 11 is 0. The number of fused-ring (bicyclic) bond motifs is 1. The van der Waals surface area contributed by atoms with Crippen molar-refractivity contribution >= 4 is 11.6 Å². The summed E-state index contributed by atoms with van der Waals surface area (Å²) in [6.07, 6.45) is 3.47. The van der Waals surface area contributed by atoms with Crippen molar-refractivity contribution in [2.75, 3.05) is 7.11 Å². The molecule has 112 valence electrons. The highest BCUT2D eigenvalue weighted by Gasteiger charge is 2.09. The van der Waals surface area contributed by atoms with Crippen molar-refractivity contribution in [2.45, 2.75) is 6.61 Å². The van der Waals surface area contributed by atoms with Crippen molar-refractivity contribution in [1.29, 1.82) is 0 Å². The lowest BCUT2D eigenvalue weighted by molar-refractivity contribution is 0.0600. The van der Waals surface area contributed by atoms with Gasteiger partial charge in [0, 0.05) is 12.4 Å². The van der Waals surface area contributed by atoms with Gasteiger partial charge < -0.3 is 13.9 Å². The van der Waals surface area contributed by atoms with Crippen LogP contribution in [0, 0.1) is 5.82 Å². The van der Waals surface area contributed by atoms with E-state index < -0.39 is 11.8 Å². The summed E-state index contributed by atoms with van der Waals surface area (Å²) in [5.41, 5.74) is 1.64. The van der Waals surface area contributed by atoms with Crippen LogP contribution in [0.25, 0.3) is 5.65 Å². The van der Waals surface area contributed by atoms with Crippen LogP contribution in [0.3, 0.4) is 0 Å². The van der Waals surface area contributed by atoms with E-state index >= 15 is 0 Å². The number of carbonyl (C=O) groups excluding carboxylic acids is 1. The Morgan fingerprint density at radius 2 is 2.14 bits per heavy atom. The molecule has 3 rings (SSSR count). The summed E-state index contributed by atoms with van der Waals surface area (Å²) in [4.78, 5) is 15.8. The molecule has 1 aromatic carbocycles. The van der Waals surface area contributed by atoms with Crippen LogP contribution in [-0.4, -0.2) is 22.5 Å². The second-order valence-corrected chi connectivity index (χ2v) is 4.62. The minimum atomic E-state index is -0.422. The Morgan fingerprint density at radius 3 is 2.91 bits per heavy atom. The maximum absolute atomic E-state index is 13.5. The van der Waals surface area contributed by atoms with Crippen LogP contribution < -0.4 is 4.74 Å². The number of benzene rings is 1. The van der Waals surface area contributed by atoms with Crippen LogP contribution in [-0.2, 0) is 11.3 Å². The summed E-state index contributed by atoms with van der Waals surface area (Å²) in [5, 5.41) is 0. The number of ether oxygens (including phenoxy) is 2. The van der Waals surface area contributed by atoms with Gasteiger partial charge in [0.15, 0.2) is 11.6 Å². The van der Waals surface area contributed by atoms with E-state index in [0.717, 1.165) is 0 Å². The highest BCUT2D eigenvalue weighted by atomic mass is 19.1. The van der Waals surface area contributed by atoms with Gasteiger partial charge in [0.2, 0.25) is 0 Å². The third-order valence-corrected chi connectivity index (χ3v) is 3.14. The molecule has 2 aromatic heterocycles. The van der Waals surface area contributed by atoms with Crippen LogP contribution in [0.1, 0.15) is 16.1 Å². The zero-order valence-corrected chi connectivity index (χ0v) is 11.8. The predicted octanol–water partition coefficient (Wildman–Crippen LogP) is 2.84. The lowest BCUT2D eigenvalue weighted by Gasteiger charge is -2.04. The van der Waals surface area contributed by atoms with Gasteiger partial charge in [0.05, 0.1) is 18.4 Å². The molecule has 0 saturated carbocycles. The molecule has 2 heterocycles. The quantitative estimate of drug-likeness (QED) is 0.695. The number of pyridine rings is 1. The molecule has 0 radical (unpaired) electrons. The topological polar surface area (TPSA) is 52.8 Å². The molecule has 0 fully saturated rings. The fourth-order valence-electron chi connectivity index (χ4n) is 2.06. The highest BCUT2D eigenvalue weighted by molar-refractivity contribution is 5.90. The average molecular weight is 300 g/mol. The Morgan fingerprint density at radius 1 is 1.32 bits per heavy atom. The SMILES string of the molecule is COC(=O)c1ccn2cc(COc3ccccc3F)nc2c1. The Balaban J connectivity index is 1.80. The Bertz CT molecular complexity index is 829. The molecule has 0 unspecified atom stereocenters. The summed E-state index contributed by atoms with van der Waals surface area (Å²) in [6.45, 7) is 0.135. The van der Waals surface area contributed by atoms with Gasteiger partial charge in [-0.2, -0.15) is 0 Å². The van der Waals surface area contributed by atoms with Crippen LogP contribution in [0.5, 0.6) is 5.75 Å². The second kappa shape index (κ2) is 5.85. The first-order chi connectivity index (χ1) is 10.7. The van der Waals surface area contributed by atoms with Gasteiger partial charge in [-0.1, -0.05) is 12.1 Å². The van der Waals surface area contributed by atoms with E-state index in [4.69, 9.17) is 4.74 Å². The van der Waals surface area contributed by atoms with Crippen LogP contribution >= 0.6 is 0 Å². The van der Waals surface area contributed by atoms with E-state index in [0.29, 0.717) is 16.9 Å². The summed E-state index contributed by atoms with van der Waals surface area (Å²) < 4.78 is 25.3. The molecule has 0 N–H and O–H groups in total. The first-order valence-corrected chi connectivity index (χ1v) is 6.60. The van der Waals surface area contributed by atoms with Crippen molar-refractivity contribution in [3.63, 3.8) is 0 Å². The smallest absolute Gasteiger partial charge is 0.338 e. The number of esters is 1. The number of hydrogen-bond acceptors (Lipinski definition) is 4. The molecule has 0 aliphatic carbocycles. The molecule has 3 aromatic rings. The fraction of sp³-hybridized carbons (Fsp3) is 0.125. The van der Waals surface area contributed by atoms with E-state index in [1.165, 1.54) is 13.2 Å². The lowest BCUT2D eigenvalue weighted by atomic mass is 10.3. The molecular formula is C16H13FN2O3. The van der Waals surface area contributed by atoms with Crippen LogP contribution in [0.4, 0.5) is 4.39 Å². The normalized spacial score (nSPS) is 10.6. The number of imidazole rings is 1. The number of hydrogen-bond donors (Lipinski definition) is 0. The number of aromatic nitrogens is 2. The fourth-order valence-corrected chi connectivity index (χ4v) is 2.06. The van der Waals surface area contributed by atoms with Gasteiger partial charge in [-0.25, -0.2) is 14.2 Å². The minimum absolute atomic E-state index is 0.135. The predicted molar refractivity (Wildman–Crippen MR) is 77.3 cm³/mol. The second-order valence-electron chi connectivity index (χ2n) is 4.62. The molecule has 6 heteroatoms. The molecule has 0 atom stereocenters. The Kier molecular flexibility index (Phi) is 3.74. The van der Waals surface area contributed by atoms with Gasteiger partial charge in [0.25, 0.3) is 0 Å². The van der Waals surface area contributed by atoms with Crippen molar-refractivity contribution in [3.05, 3.63) is 65.9 Å². The average Bonchev–Trinajstić information content (AvgIpc) is 2.95. The molecule has 5 nitrogen and oxygen atoms in total. The van der Waals surface area contributed by atoms with Crippen molar-refractivity contribution in [2.24, 2.45) is 0 Å². The van der Waals surface area contributed by atoms with Crippen molar-refractivity contribution in [3.8, 4) is 5.75 Å². The van der Waals surface area contributed by atoms with E-state index in [9.17, 15) is 9.18 Å². The summed E-state index contributed by atoms with van der Waals surface area (Å²) in [5.74, 6) is -0.663. The molecule has 0 aliphatic heterocycles. The van der Waals surface area contributed by atoms with Gasteiger partial charge in [-0.3, -0.25) is 0 Å². The molecule has 0 aliphatic rings. The van der Waals surface area contributed by atoms with Gasteiger partial charge >= 0.3 is 5.97 Å². The zero-order chi connectivity index (χ0) is 15.5. The van der Waals surface area contributed by atoms with Gasteiger partial charge in [0.1, 0.15) is 12.3 Å².